The number of carbonyl (C=O) groups is 2. The molecule has 0 aliphatic carbocycles. The molecule has 1 aromatic carbocycles. The number of aromatic nitrogens is 1. The number of hydrogen-bond donors (Lipinski definition) is 0. The summed E-state index contributed by atoms with van der Waals surface area (Å²) in [6.45, 7) is 4.67. The van der Waals surface area contributed by atoms with Crippen LogP contribution in [0.25, 0.3) is 10.9 Å². The molecule has 6 heteroatoms. The van der Waals surface area contributed by atoms with Crippen LogP contribution in [0, 0.1) is 6.92 Å². The van der Waals surface area contributed by atoms with Gasteiger partial charge in [0, 0.05) is 42.9 Å². The number of benzene rings is 1. The summed E-state index contributed by atoms with van der Waals surface area (Å²) in [7, 11) is 1.30. The molecule has 0 saturated carbocycles. The van der Waals surface area contributed by atoms with Gasteiger partial charge in [-0.2, -0.15) is 0 Å². The Morgan fingerprint density at radius 1 is 1.17 bits per heavy atom. The number of amides is 1. The van der Waals surface area contributed by atoms with Gasteiger partial charge in [0.15, 0.2) is 0 Å². The zero-order chi connectivity index (χ0) is 17.1. The largest absolute Gasteiger partial charge is 0.469 e. The Morgan fingerprint density at radius 2 is 1.88 bits per heavy atom. The van der Waals surface area contributed by atoms with Crippen molar-refractivity contribution in [3.8, 4) is 0 Å². The van der Waals surface area contributed by atoms with Crippen molar-refractivity contribution in [2.45, 2.75) is 13.3 Å². The molecule has 126 valence electrons. The SMILES string of the molecule is COC(=O)CC(=O)N1CCN(c2cc(C)nc3ccccc23)CC1. The number of carbonyl (C=O) groups excluding carboxylic acids is 2. The smallest absolute Gasteiger partial charge is 0.315 e. The first-order chi connectivity index (χ1) is 11.6. The lowest BCUT2D eigenvalue weighted by atomic mass is 10.1. The van der Waals surface area contributed by atoms with Crippen molar-refractivity contribution < 1.29 is 14.3 Å². The van der Waals surface area contributed by atoms with E-state index in [2.05, 4.69) is 26.8 Å². The summed E-state index contributed by atoms with van der Waals surface area (Å²) in [5.41, 5.74) is 3.11. The van der Waals surface area contributed by atoms with E-state index >= 15 is 0 Å². The minimum Gasteiger partial charge on any atom is -0.469 e. The summed E-state index contributed by atoms with van der Waals surface area (Å²) < 4.78 is 4.56. The Balaban J connectivity index is 1.73. The van der Waals surface area contributed by atoms with Crippen LogP contribution < -0.4 is 4.90 Å². The topological polar surface area (TPSA) is 62.7 Å². The van der Waals surface area contributed by atoms with Gasteiger partial charge in [-0.3, -0.25) is 14.6 Å². The number of ether oxygens (including phenoxy) is 1. The highest BCUT2D eigenvalue weighted by Gasteiger charge is 2.24. The molecule has 2 heterocycles. The maximum atomic E-state index is 12.1. The van der Waals surface area contributed by atoms with E-state index in [4.69, 9.17) is 0 Å². The second kappa shape index (κ2) is 6.86. The number of fused-ring (bicyclic) bond motifs is 1. The van der Waals surface area contributed by atoms with Crippen LogP contribution in [0.1, 0.15) is 12.1 Å². The number of para-hydroxylation sites is 1. The average Bonchev–Trinajstić information content (AvgIpc) is 2.61. The predicted molar refractivity (Wildman–Crippen MR) is 91.9 cm³/mol. The molecule has 0 atom stereocenters. The van der Waals surface area contributed by atoms with Crippen LogP contribution in [0.15, 0.2) is 30.3 Å². The molecular formula is C18H21N3O3. The molecule has 1 aliphatic rings. The Bertz CT molecular complexity index is 767. The molecule has 1 aliphatic heterocycles. The van der Waals surface area contributed by atoms with E-state index in [0.29, 0.717) is 13.1 Å². The van der Waals surface area contributed by atoms with Gasteiger partial charge in [-0.15, -0.1) is 0 Å². The van der Waals surface area contributed by atoms with Crippen molar-refractivity contribution in [3.63, 3.8) is 0 Å². The zero-order valence-electron chi connectivity index (χ0n) is 14.0. The number of anilines is 1. The lowest BCUT2D eigenvalue weighted by Crippen LogP contribution is -2.49. The van der Waals surface area contributed by atoms with E-state index in [1.54, 1.807) is 4.90 Å². The summed E-state index contributed by atoms with van der Waals surface area (Å²) in [5, 5.41) is 1.12. The first-order valence-corrected chi connectivity index (χ1v) is 8.04. The molecule has 2 aromatic rings. The van der Waals surface area contributed by atoms with Crippen molar-refractivity contribution in [1.82, 2.24) is 9.88 Å². The highest BCUT2D eigenvalue weighted by molar-refractivity contribution is 5.95. The predicted octanol–water partition coefficient (Wildman–Crippen LogP) is 1.75. The molecule has 0 unspecified atom stereocenters. The highest BCUT2D eigenvalue weighted by atomic mass is 16.5. The van der Waals surface area contributed by atoms with Gasteiger partial charge in [0.1, 0.15) is 6.42 Å². The Morgan fingerprint density at radius 3 is 2.58 bits per heavy atom. The van der Waals surface area contributed by atoms with E-state index < -0.39 is 5.97 Å². The number of piperazine rings is 1. The molecule has 1 amide bonds. The number of rotatable bonds is 3. The summed E-state index contributed by atoms with van der Waals surface area (Å²) in [5.74, 6) is -0.657. The van der Waals surface area contributed by atoms with Crippen LogP contribution in [0.4, 0.5) is 5.69 Å². The van der Waals surface area contributed by atoms with Gasteiger partial charge in [-0.25, -0.2) is 0 Å². The quantitative estimate of drug-likeness (QED) is 0.635. The summed E-state index contributed by atoms with van der Waals surface area (Å²) in [6.07, 6.45) is -0.187. The van der Waals surface area contributed by atoms with Crippen LogP contribution in [0.5, 0.6) is 0 Å². The summed E-state index contributed by atoms with van der Waals surface area (Å²) in [4.78, 5) is 31.9. The Hall–Kier alpha value is -2.63. The minimum absolute atomic E-state index is 0.169. The third-order valence-corrected chi connectivity index (χ3v) is 4.32. The van der Waals surface area contributed by atoms with E-state index in [-0.39, 0.29) is 12.3 Å². The standard InChI is InChI=1S/C18H21N3O3/c1-13-11-16(14-5-3-4-6-15(14)19-13)20-7-9-21(10-8-20)17(22)12-18(23)24-2/h3-6,11H,7-10,12H2,1-2H3. The first-order valence-electron chi connectivity index (χ1n) is 8.04. The maximum absolute atomic E-state index is 12.1. The van der Waals surface area contributed by atoms with Crippen molar-refractivity contribution >= 4 is 28.5 Å². The second-order valence-corrected chi connectivity index (χ2v) is 5.92. The van der Waals surface area contributed by atoms with Crippen LogP contribution >= 0.6 is 0 Å². The van der Waals surface area contributed by atoms with Gasteiger partial charge in [0.2, 0.25) is 5.91 Å². The fraction of sp³-hybridized carbons (Fsp3) is 0.389. The lowest BCUT2D eigenvalue weighted by molar-refractivity contribution is -0.146. The maximum Gasteiger partial charge on any atom is 0.315 e. The molecule has 0 spiro atoms. The van der Waals surface area contributed by atoms with Crippen LogP contribution in [0.3, 0.4) is 0 Å². The Labute approximate surface area is 141 Å². The van der Waals surface area contributed by atoms with Gasteiger partial charge in [-0.05, 0) is 19.1 Å². The molecule has 0 N–H and O–H groups in total. The molecule has 0 radical (unpaired) electrons. The van der Waals surface area contributed by atoms with E-state index in [0.717, 1.165) is 35.4 Å². The number of methoxy groups -OCH3 is 1. The molecule has 1 saturated heterocycles. The van der Waals surface area contributed by atoms with E-state index in [9.17, 15) is 9.59 Å². The normalized spacial score (nSPS) is 14.8. The Kier molecular flexibility index (Phi) is 4.64. The average molecular weight is 327 g/mol. The zero-order valence-corrected chi connectivity index (χ0v) is 14.0. The number of aryl methyl sites for hydroxylation is 1. The van der Waals surface area contributed by atoms with Gasteiger partial charge in [-0.1, -0.05) is 18.2 Å². The molecule has 24 heavy (non-hydrogen) atoms. The fourth-order valence-corrected chi connectivity index (χ4v) is 3.05. The van der Waals surface area contributed by atoms with Crippen molar-refractivity contribution in [2.24, 2.45) is 0 Å². The summed E-state index contributed by atoms with van der Waals surface area (Å²) >= 11 is 0. The minimum atomic E-state index is -0.488. The van der Waals surface area contributed by atoms with E-state index in [1.807, 2.05) is 25.1 Å². The van der Waals surface area contributed by atoms with Crippen molar-refractivity contribution in [2.75, 3.05) is 38.2 Å². The number of nitrogens with zero attached hydrogens (tertiary/aromatic N) is 3. The van der Waals surface area contributed by atoms with Crippen molar-refractivity contribution in [1.29, 1.82) is 0 Å². The van der Waals surface area contributed by atoms with Crippen molar-refractivity contribution in [3.05, 3.63) is 36.0 Å². The second-order valence-electron chi connectivity index (χ2n) is 5.92. The number of esters is 1. The van der Waals surface area contributed by atoms with Crippen LogP contribution in [0.2, 0.25) is 0 Å². The summed E-state index contributed by atoms with van der Waals surface area (Å²) in [6, 6.07) is 10.2. The molecule has 6 nitrogen and oxygen atoms in total. The van der Waals surface area contributed by atoms with Gasteiger partial charge >= 0.3 is 5.97 Å². The third kappa shape index (κ3) is 3.32. The number of pyridine rings is 1. The number of hydrogen-bond acceptors (Lipinski definition) is 5. The van der Waals surface area contributed by atoms with Crippen LogP contribution in [-0.4, -0.2) is 55.0 Å². The molecular weight excluding hydrogens is 306 g/mol. The molecule has 3 rings (SSSR count). The first kappa shape index (κ1) is 16.2. The monoisotopic (exact) mass is 327 g/mol. The molecule has 1 fully saturated rings. The fourth-order valence-electron chi connectivity index (χ4n) is 3.05. The van der Waals surface area contributed by atoms with Gasteiger partial charge in [0.25, 0.3) is 0 Å². The van der Waals surface area contributed by atoms with E-state index in [1.165, 1.54) is 7.11 Å². The molecule has 0 bridgehead atoms. The van der Waals surface area contributed by atoms with Crippen LogP contribution in [-0.2, 0) is 14.3 Å². The third-order valence-electron chi connectivity index (χ3n) is 4.32. The van der Waals surface area contributed by atoms with Gasteiger partial charge < -0.3 is 14.5 Å². The van der Waals surface area contributed by atoms with Gasteiger partial charge in [0.05, 0.1) is 12.6 Å². The molecule has 1 aromatic heterocycles. The lowest BCUT2D eigenvalue weighted by Gasteiger charge is -2.36. The highest BCUT2D eigenvalue weighted by Crippen LogP contribution is 2.27.